The number of benzene rings is 1. The van der Waals surface area contributed by atoms with Gasteiger partial charge in [-0.2, -0.15) is 0 Å². The van der Waals surface area contributed by atoms with E-state index < -0.39 is 0 Å². The molecule has 2 N–H and O–H groups in total. The Hall–Kier alpha value is -0.541. The quantitative estimate of drug-likeness (QED) is 0.580. The van der Waals surface area contributed by atoms with Crippen LogP contribution in [0.2, 0.25) is 5.32 Å². The van der Waals surface area contributed by atoms with Gasteiger partial charge in [-0.1, -0.05) is 0 Å². The van der Waals surface area contributed by atoms with Crippen molar-refractivity contribution in [3.63, 3.8) is 0 Å². The Morgan fingerprint density at radius 3 is 2.73 bits per heavy atom. The first kappa shape index (κ1) is 12.5. The van der Waals surface area contributed by atoms with Gasteiger partial charge < -0.3 is 0 Å². The number of rotatable bonds is 6. The van der Waals surface area contributed by atoms with Crippen LogP contribution in [0, 0.1) is 0 Å². The van der Waals surface area contributed by atoms with E-state index in [1.165, 1.54) is 0 Å². The van der Waals surface area contributed by atoms with Crippen LogP contribution >= 0.6 is 0 Å². The summed E-state index contributed by atoms with van der Waals surface area (Å²) >= 11 is 0.257. The van der Waals surface area contributed by atoms with Crippen molar-refractivity contribution in [3.05, 3.63) is 23.8 Å². The summed E-state index contributed by atoms with van der Waals surface area (Å²) in [5, 5.41) is 18.9. The Morgan fingerprint density at radius 1 is 1.33 bits per heavy atom. The fourth-order valence-electron chi connectivity index (χ4n) is 1.25. The molecule has 15 heavy (non-hydrogen) atoms. The van der Waals surface area contributed by atoms with E-state index in [9.17, 15) is 5.11 Å². The minimum atomic E-state index is 0.0490. The Kier molecular flexibility index (Phi) is 5.73. The average molecular weight is 275 g/mol. The maximum absolute atomic E-state index is 9.20. The van der Waals surface area contributed by atoms with Crippen LogP contribution < -0.4 is 9.20 Å². The molecule has 0 heterocycles. The van der Waals surface area contributed by atoms with Crippen LogP contribution in [-0.4, -0.2) is 38.9 Å². The van der Waals surface area contributed by atoms with E-state index in [4.69, 9.17) is 9.84 Å². The second-order valence-corrected chi connectivity index (χ2v) is 5.35. The van der Waals surface area contributed by atoms with Gasteiger partial charge in [0.2, 0.25) is 0 Å². The molecule has 0 radical (unpaired) electrons. The molecule has 0 fully saturated rings. The normalized spacial score (nSPS) is 10.3. The SMILES string of the molecule is COc1cccc(CO)c1[Se]CCCO. The molecule has 0 aliphatic carbocycles. The summed E-state index contributed by atoms with van der Waals surface area (Å²) in [7, 11) is 1.64. The zero-order valence-electron chi connectivity index (χ0n) is 8.77. The summed E-state index contributed by atoms with van der Waals surface area (Å²) in [4.78, 5) is 0. The van der Waals surface area contributed by atoms with Gasteiger partial charge in [-0.25, -0.2) is 0 Å². The molecule has 0 saturated carbocycles. The second-order valence-electron chi connectivity index (χ2n) is 3.03. The fourth-order valence-corrected chi connectivity index (χ4v) is 3.53. The van der Waals surface area contributed by atoms with Crippen molar-refractivity contribution in [2.75, 3.05) is 13.7 Å². The van der Waals surface area contributed by atoms with Crippen molar-refractivity contribution in [2.24, 2.45) is 0 Å². The van der Waals surface area contributed by atoms with E-state index in [2.05, 4.69) is 0 Å². The standard InChI is InChI=1S/C11H16O3Se/c1-14-10-5-2-4-9(8-13)11(10)15-7-3-6-12/h2,4-5,12-13H,3,6-8H2,1H3. The van der Waals surface area contributed by atoms with E-state index in [1.807, 2.05) is 18.2 Å². The average Bonchev–Trinajstić information content (AvgIpc) is 2.29. The molecule has 0 atom stereocenters. The summed E-state index contributed by atoms with van der Waals surface area (Å²) in [6, 6.07) is 5.71. The van der Waals surface area contributed by atoms with Crippen LogP contribution in [-0.2, 0) is 6.61 Å². The summed E-state index contributed by atoms with van der Waals surface area (Å²) < 4.78 is 6.37. The molecule has 0 saturated heterocycles. The molecule has 0 aliphatic heterocycles. The van der Waals surface area contributed by atoms with Gasteiger partial charge in [-0.05, 0) is 0 Å². The Labute approximate surface area is 96.2 Å². The van der Waals surface area contributed by atoms with Gasteiger partial charge in [0, 0.05) is 0 Å². The second kappa shape index (κ2) is 6.85. The zero-order valence-corrected chi connectivity index (χ0v) is 10.5. The zero-order chi connectivity index (χ0) is 11.1. The van der Waals surface area contributed by atoms with E-state index in [0.29, 0.717) is 0 Å². The number of aliphatic hydroxyl groups is 2. The monoisotopic (exact) mass is 276 g/mol. The van der Waals surface area contributed by atoms with Gasteiger partial charge in [-0.15, -0.1) is 0 Å². The number of methoxy groups -OCH3 is 1. The third kappa shape index (κ3) is 3.50. The number of hydrogen-bond donors (Lipinski definition) is 2. The molecular weight excluding hydrogens is 259 g/mol. The summed E-state index contributed by atoms with van der Waals surface area (Å²) in [5.74, 6) is 0.847. The van der Waals surface area contributed by atoms with Crippen molar-refractivity contribution in [2.45, 2.75) is 18.3 Å². The molecule has 1 rings (SSSR count). The molecule has 4 heteroatoms. The first-order valence-electron chi connectivity index (χ1n) is 4.84. The van der Waals surface area contributed by atoms with Crippen LogP contribution in [0.15, 0.2) is 18.2 Å². The van der Waals surface area contributed by atoms with Crippen LogP contribution in [0.3, 0.4) is 0 Å². The molecule has 84 valence electrons. The molecular formula is C11H16O3Se. The number of hydrogen-bond acceptors (Lipinski definition) is 3. The fraction of sp³-hybridized carbons (Fsp3) is 0.455. The molecule has 3 nitrogen and oxygen atoms in total. The predicted molar refractivity (Wildman–Crippen MR) is 60.8 cm³/mol. The summed E-state index contributed by atoms with van der Waals surface area (Å²) in [6.07, 6.45) is 0.808. The predicted octanol–water partition coefficient (Wildman–Crippen LogP) is 0.318. The van der Waals surface area contributed by atoms with Gasteiger partial charge in [-0.3, -0.25) is 0 Å². The van der Waals surface area contributed by atoms with E-state index >= 15 is 0 Å². The third-order valence-corrected chi connectivity index (χ3v) is 4.61. The van der Waals surface area contributed by atoms with E-state index in [0.717, 1.165) is 27.5 Å². The van der Waals surface area contributed by atoms with Crippen molar-refractivity contribution in [1.82, 2.24) is 0 Å². The maximum atomic E-state index is 9.20. The number of ether oxygens (including phenoxy) is 1. The summed E-state index contributed by atoms with van der Waals surface area (Å²) in [6.45, 7) is 0.277. The van der Waals surface area contributed by atoms with Gasteiger partial charge in [0.25, 0.3) is 0 Å². The number of aliphatic hydroxyl groups excluding tert-OH is 2. The summed E-state index contributed by atoms with van der Waals surface area (Å²) in [5.41, 5.74) is 0.937. The van der Waals surface area contributed by atoms with E-state index in [1.54, 1.807) is 7.11 Å². The first-order chi connectivity index (χ1) is 7.33. The Bertz CT molecular complexity index is 280. The molecule has 0 aromatic heterocycles. The van der Waals surface area contributed by atoms with E-state index in [-0.39, 0.29) is 28.2 Å². The molecule has 1 aromatic rings. The minimum absolute atomic E-state index is 0.0490. The van der Waals surface area contributed by atoms with Gasteiger partial charge in [0.1, 0.15) is 0 Å². The van der Waals surface area contributed by atoms with Crippen molar-refractivity contribution < 1.29 is 14.9 Å². The van der Waals surface area contributed by atoms with Crippen molar-refractivity contribution >= 4 is 19.4 Å². The third-order valence-electron chi connectivity index (χ3n) is 2.00. The van der Waals surface area contributed by atoms with Gasteiger partial charge in [0.05, 0.1) is 0 Å². The van der Waals surface area contributed by atoms with Crippen molar-refractivity contribution in [3.8, 4) is 5.75 Å². The Morgan fingerprint density at radius 2 is 2.13 bits per heavy atom. The topological polar surface area (TPSA) is 49.7 Å². The van der Waals surface area contributed by atoms with Crippen LogP contribution in [0.5, 0.6) is 5.75 Å². The molecule has 0 bridgehead atoms. The van der Waals surface area contributed by atoms with Crippen LogP contribution in [0.25, 0.3) is 0 Å². The molecule has 0 aliphatic rings. The van der Waals surface area contributed by atoms with Crippen molar-refractivity contribution in [1.29, 1.82) is 0 Å². The van der Waals surface area contributed by atoms with Gasteiger partial charge >= 0.3 is 95.9 Å². The Balaban J connectivity index is 2.80. The van der Waals surface area contributed by atoms with Gasteiger partial charge in [0.15, 0.2) is 0 Å². The van der Waals surface area contributed by atoms with Crippen LogP contribution in [0.1, 0.15) is 12.0 Å². The molecule has 0 spiro atoms. The molecule has 1 aromatic carbocycles. The van der Waals surface area contributed by atoms with Crippen LogP contribution in [0.4, 0.5) is 0 Å². The molecule has 0 unspecified atom stereocenters. The molecule has 0 amide bonds. The first-order valence-corrected chi connectivity index (χ1v) is 6.90.